The maximum Gasteiger partial charge on any atom is 0.573 e. The number of benzene rings is 1. The van der Waals surface area contributed by atoms with Gasteiger partial charge in [-0.1, -0.05) is 0 Å². The van der Waals surface area contributed by atoms with Crippen LogP contribution in [0.25, 0.3) is 0 Å². The molecule has 1 aliphatic heterocycles. The normalized spacial score (nSPS) is 17.8. The molecule has 6 nitrogen and oxygen atoms in total. The minimum Gasteiger partial charge on any atom is -0.406 e. The third kappa shape index (κ3) is 5.16. The minimum atomic E-state index is -4.75. The molecule has 1 N–H and O–H groups in total. The van der Waals surface area contributed by atoms with E-state index in [-0.39, 0.29) is 17.6 Å². The average molecular weight is 406 g/mol. The van der Waals surface area contributed by atoms with Gasteiger partial charge in [-0.05, 0) is 56.0 Å². The van der Waals surface area contributed by atoms with Crippen molar-refractivity contribution in [2.45, 2.75) is 44.0 Å². The molecule has 0 spiro atoms. The first-order chi connectivity index (χ1) is 13.9. The Balaban J connectivity index is 1.33. The van der Waals surface area contributed by atoms with Crippen molar-refractivity contribution in [2.24, 2.45) is 0 Å². The Hall–Kier alpha value is -2.84. The summed E-state index contributed by atoms with van der Waals surface area (Å²) in [5.74, 6) is 0.377. The van der Waals surface area contributed by atoms with Gasteiger partial charge in [0.15, 0.2) is 0 Å². The lowest BCUT2D eigenvalue weighted by atomic mass is 9.93. The standard InChI is InChI=1S/C20H21F3N4O2/c21-20(22,23)29-16-5-1-14(2-6-16)18(28)27-11-8-13(9-12-27)17-7-10-24-19(26-17)25-15-3-4-15/h1-2,5-7,10,13,15H,3-4,8-9,11-12H2,(H,24,25,26). The number of carbonyl (C=O) groups is 1. The molecule has 1 saturated heterocycles. The van der Waals surface area contributed by atoms with Crippen LogP contribution in [0.3, 0.4) is 0 Å². The summed E-state index contributed by atoms with van der Waals surface area (Å²) in [7, 11) is 0. The third-order valence-electron chi connectivity index (χ3n) is 5.12. The fourth-order valence-electron chi connectivity index (χ4n) is 3.44. The van der Waals surface area contributed by atoms with E-state index in [4.69, 9.17) is 0 Å². The first-order valence-corrected chi connectivity index (χ1v) is 9.62. The number of anilines is 1. The fourth-order valence-corrected chi connectivity index (χ4v) is 3.44. The third-order valence-corrected chi connectivity index (χ3v) is 5.12. The Bertz CT molecular complexity index is 861. The number of nitrogens with one attached hydrogen (secondary N) is 1. The topological polar surface area (TPSA) is 67.3 Å². The van der Waals surface area contributed by atoms with Gasteiger partial charge in [-0.25, -0.2) is 9.97 Å². The van der Waals surface area contributed by atoms with Crippen molar-refractivity contribution in [1.82, 2.24) is 14.9 Å². The molecule has 1 aromatic heterocycles. The number of hydrogen-bond donors (Lipinski definition) is 1. The molecule has 9 heteroatoms. The largest absolute Gasteiger partial charge is 0.573 e. The summed E-state index contributed by atoms with van der Waals surface area (Å²) in [5, 5.41) is 3.30. The van der Waals surface area contributed by atoms with E-state index >= 15 is 0 Å². The molecule has 154 valence electrons. The molecule has 0 bridgehead atoms. The zero-order valence-electron chi connectivity index (χ0n) is 15.7. The van der Waals surface area contributed by atoms with E-state index in [9.17, 15) is 18.0 Å². The highest BCUT2D eigenvalue weighted by Gasteiger charge is 2.31. The van der Waals surface area contributed by atoms with Crippen molar-refractivity contribution in [2.75, 3.05) is 18.4 Å². The van der Waals surface area contributed by atoms with Gasteiger partial charge in [0, 0.05) is 42.5 Å². The molecule has 2 aromatic rings. The Labute approximate surface area is 166 Å². The number of carbonyl (C=O) groups excluding carboxylic acids is 1. The van der Waals surface area contributed by atoms with Crippen LogP contribution in [0.5, 0.6) is 5.75 Å². The van der Waals surface area contributed by atoms with Crippen LogP contribution in [0.1, 0.15) is 47.7 Å². The van der Waals surface area contributed by atoms with Gasteiger partial charge < -0.3 is 15.0 Å². The van der Waals surface area contributed by atoms with E-state index in [1.807, 2.05) is 6.07 Å². The molecule has 2 fully saturated rings. The Morgan fingerprint density at radius 3 is 2.38 bits per heavy atom. The van der Waals surface area contributed by atoms with E-state index in [1.54, 1.807) is 11.1 Å². The number of amides is 1. The van der Waals surface area contributed by atoms with E-state index in [0.717, 1.165) is 43.5 Å². The molecule has 1 saturated carbocycles. The zero-order valence-corrected chi connectivity index (χ0v) is 15.7. The summed E-state index contributed by atoms with van der Waals surface area (Å²) in [4.78, 5) is 23.2. The number of likely N-dealkylation sites (tertiary alicyclic amines) is 1. The lowest BCUT2D eigenvalue weighted by Gasteiger charge is -2.32. The van der Waals surface area contributed by atoms with Crippen LogP contribution < -0.4 is 10.1 Å². The predicted molar refractivity (Wildman–Crippen MR) is 99.7 cm³/mol. The van der Waals surface area contributed by atoms with E-state index in [1.165, 1.54) is 12.1 Å². The molecule has 4 rings (SSSR count). The van der Waals surface area contributed by atoms with Crippen molar-refractivity contribution in [1.29, 1.82) is 0 Å². The maximum atomic E-state index is 12.6. The molecule has 0 atom stereocenters. The summed E-state index contributed by atoms with van der Waals surface area (Å²) in [6, 6.07) is 7.42. The highest BCUT2D eigenvalue weighted by Crippen LogP contribution is 2.29. The van der Waals surface area contributed by atoms with Crippen LogP contribution >= 0.6 is 0 Å². The summed E-state index contributed by atoms with van der Waals surface area (Å²) in [6.45, 7) is 1.14. The average Bonchev–Trinajstić information content (AvgIpc) is 3.51. The molecule has 2 heterocycles. The smallest absolute Gasteiger partial charge is 0.406 e. The molecule has 2 aliphatic rings. The van der Waals surface area contributed by atoms with Crippen LogP contribution in [-0.4, -0.2) is 46.3 Å². The maximum absolute atomic E-state index is 12.6. The lowest BCUT2D eigenvalue weighted by Crippen LogP contribution is -2.38. The summed E-state index contributed by atoms with van der Waals surface area (Å²) in [6.07, 6.45) is 0.869. The van der Waals surface area contributed by atoms with Gasteiger partial charge in [0.05, 0.1) is 0 Å². The highest BCUT2D eigenvalue weighted by molar-refractivity contribution is 5.94. The molecule has 29 heavy (non-hydrogen) atoms. The zero-order chi connectivity index (χ0) is 20.4. The molecule has 1 aromatic carbocycles. The summed E-state index contributed by atoms with van der Waals surface area (Å²) in [5.41, 5.74) is 1.32. The van der Waals surface area contributed by atoms with Gasteiger partial charge in [0.1, 0.15) is 5.75 Å². The molecule has 1 aliphatic carbocycles. The van der Waals surface area contributed by atoms with Gasteiger partial charge in [0.2, 0.25) is 5.95 Å². The van der Waals surface area contributed by atoms with Gasteiger partial charge in [-0.15, -0.1) is 13.2 Å². The molecular weight excluding hydrogens is 385 g/mol. The SMILES string of the molecule is O=C(c1ccc(OC(F)(F)F)cc1)N1CCC(c2ccnc(NC3CC3)n2)CC1. The van der Waals surface area contributed by atoms with Crippen LogP contribution in [0.15, 0.2) is 36.5 Å². The number of halogens is 3. The number of alkyl halides is 3. The first-order valence-electron chi connectivity index (χ1n) is 9.62. The van der Waals surface area contributed by atoms with Crippen molar-refractivity contribution >= 4 is 11.9 Å². The van der Waals surface area contributed by atoms with Crippen molar-refractivity contribution in [3.05, 3.63) is 47.8 Å². The van der Waals surface area contributed by atoms with Crippen LogP contribution in [0.2, 0.25) is 0 Å². The number of ether oxygens (including phenoxy) is 1. The summed E-state index contributed by atoms with van der Waals surface area (Å²) < 4.78 is 40.6. The van der Waals surface area contributed by atoms with Gasteiger partial charge in [-0.2, -0.15) is 0 Å². The molecule has 0 radical (unpaired) electrons. The number of aromatic nitrogens is 2. The monoisotopic (exact) mass is 406 g/mol. The number of nitrogens with zero attached hydrogens (tertiary/aromatic N) is 3. The number of rotatable bonds is 5. The van der Waals surface area contributed by atoms with Crippen LogP contribution in [-0.2, 0) is 0 Å². The second-order valence-electron chi connectivity index (χ2n) is 7.36. The Kier molecular flexibility index (Phi) is 5.29. The predicted octanol–water partition coefficient (Wildman–Crippen LogP) is 3.97. The van der Waals surface area contributed by atoms with Gasteiger partial charge >= 0.3 is 6.36 Å². The van der Waals surface area contributed by atoms with Gasteiger partial charge in [-0.3, -0.25) is 4.79 Å². The Morgan fingerprint density at radius 1 is 1.07 bits per heavy atom. The number of piperidine rings is 1. The highest BCUT2D eigenvalue weighted by atomic mass is 19.4. The fraction of sp³-hybridized carbons (Fsp3) is 0.450. The van der Waals surface area contributed by atoms with Gasteiger partial charge in [0.25, 0.3) is 5.91 Å². The molecular formula is C20H21F3N4O2. The quantitative estimate of drug-likeness (QED) is 0.814. The van der Waals surface area contributed by atoms with E-state index in [2.05, 4.69) is 20.0 Å². The van der Waals surface area contributed by atoms with Crippen molar-refractivity contribution < 1.29 is 22.7 Å². The van der Waals surface area contributed by atoms with Crippen LogP contribution in [0, 0.1) is 0 Å². The van der Waals surface area contributed by atoms with Crippen molar-refractivity contribution in [3.63, 3.8) is 0 Å². The lowest BCUT2D eigenvalue weighted by molar-refractivity contribution is -0.274. The van der Waals surface area contributed by atoms with Crippen LogP contribution in [0.4, 0.5) is 19.1 Å². The molecule has 0 unspecified atom stereocenters. The minimum absolute atomic E-state index is 0.194. The van der Waals surface area contributed by atoms with Crippen molar-refractivity contribution in [3.8, 4) is 5.75 Å². The van der Waals surface area contributed by atoms with E-state index < -0.39 is 6.36 Å². The second-order valence-corrected chi connectivity index (χ2v) is 7.36. The molecule has 1 amide bonds. The number of hydrogen-bond acceptors (Lipinski definition) is 5. The Morgan fingerprint density at radius 2 is 1.76 bits per heavy atom. The first kappa shape index (κ1) is 19.5. The second kappa shape index (κ2) is 7.88. The summed E-state index contributed by atoms with van der Waals surface area (Å²) >= 11 is 0. The van der Waals surface area contributed by atoms with E-state index in [0.29, 0.717) is 30.6 Å².